The summed E-state index contributed by atoms with van der Waals surface area (Å²) in [6, 6.07) is 4.62. The minimum Gasteiger partial charge on any atom is -0.282 e. The fourth-order valence-corrected chi connectivity index (χ4v) is 1.22. The van der Waals surface area contributed by atoms with Gasteiger partial charge in [-0.05, 0) is 12.1 Å². The second-order valence-electron chi connectivity index (χ2n) is 1.91. The van der Waals surface area contributed by atoms with Crippen LogP contribution in [0.1, 0.15) is 0 Å². The van der Waals surface area contributed by atoms with Gasteiger partial charge in [-0.25, -0.2) is 4.39 Å². The molecular weight excluding hydrogens is 321 g/mol. The molecule has 0 heterocycles. The van der Waals surface area contributed by atoms with Crippen LogP contribution in [-0.2, 0) is 10.1 Å². The Hall–Kier alpha value is 0.398. The molecule has 0 saturated carbocycles. The first-order valence-electron chi connectivity index (χ1n) is 2.74. The van der Waals surface area contributed by atoms with Crippen molar-refractivity contribution < 1.29 is 57.7 Å². The minimum atomic E-state index is -4.41. The molecular formula is C6H5FO3SSm. The quantitative estimate of drug-likeness (QED) is 0.786. The molecule has 0 aliphatic carbocycles. The van der Waals surface area contributed by atoms with Gasteiger partial charge in [-0.15, -0.1) is 0 Å². The molecule has 1 rings (SSSR count). The maximum atomic E-state index is 12.5. The Morgan fingerprint density at radius 2 is 1.75 bits per heavy atom. The van der Waals surface area contributed by atoms with Gasteiger partial charge in [-0.2, -0.15) is 8.42 Å². The van der Waals surface area contributed by atoms with Crippen LogP contribution in [-0.4, -0.2) is 13.0 Å². The third-order valence-corrected chi connectivity index (χ3v) is 2.00. The van der Waals surface area contributed by atoms with Gasteiger partial charge in [0.15, 0.2) is 0 Å². The van der Waals surface area contributed by atoms with E-state index in [-0.39, 0.29) is 40.4 Å². The Morgan fingerprint density at radius 1 is 1.25 bits per heavy atom. The summed E-state index contributed by atoms with van der Waals surface area (Å²) in [5.41, 5.74) is 0. The Kier molecular flexibility index (Phi) is 4.73. The third kappa shape index (κ3) is 3.03. The molecule has 0 bridgehead atoms. The molecule has 0 spiro atoms. The standard InChI is InChI=1S/C6H5FO3S.Sm/c7-5-3-1-2-4-6(5)11(8,9)10;/h1-4H,(H,8,9,10);. The van der Waals surface area contributed by atoms with Gasteiger partial charge in [-0.3, -0.25) is 4.55 Å². The van der Waals surface area contributed by atoms with E-state index in [1.807, 2.05) is 0 Å². The van der Waals surface area contributed by atoms with Crippen LogP contribution in [0.25, 0.3) is 0 Å². The van der Waals surface area contributed by atoms with E-state index in [9.17, 15) is 12.8 Å². The van der Waals surface area contributed by atoms with Crippen LogP contribution in [0.4, 0.5) is 4.39 Å². The summed E-state index contributed by atoms with van der Waals surface area (Å²) >= 11 is 0. The summed E-state index contributed by atoms with van der Waals surface area (Å²) in [6.45, 7) is 0. The van der Waals surface area contributed by atoms with Crippen molar-refractivity contribution in [3.63, 3.8) is 0 Å². The molecule has 12 heavy (non-hydrogen) atoms. The van der Waals surface area contributed by atoms with E-state index in [4.69, 9.17) is 4.55 Å². The van der Waals surface area contributed by atoms with E-state index in [0.717, 1.165) is 12.1 Å². The van der Waals surface area contributed by atoms with Crippen LogP contribution in [0.2, 0.25) is 0 Å². The molecule has 0 aliphatic rings. The summed E-state index contributed by atoms with van der Waals surface area (Å²) < 4.78 is 41.7. The van der Waals surface area contributed by atoms with Gasteiger partial charge in [0, 0.05) is 40.4 Å². The molecule has 0 aromatic heterocycles. The first-order chi connectivity index (χ1) is 5.02. The predicted octanol–water partition coefficient (Wildman–Crippen LogP) is 1.07. The average molecular weight is 327 g/mol. The summed E-state index contributed by atoms with van der Waals surface area (Å²) in [4.78, 5) is -0.694. The normalized spacial score (nSPS) is 10.5. The van der Waals surface area contributed by atoms with Gasteiger partial charge in [0.1, 0.15) is 10.7 Å². The van der Waals surface area contributed by atoms with Crippen molar-refractivity contribution in [3.05, 3.63) is 30.1 Å². The molecule has 0 fully saturated rings. The van der Waals surface area contributed by atoms with E-state index >= 15 is 0 Å². The maximum absolute atomic E-state index is 12.5. The molecule has 1 aromatic carbocycles. The molecule has 0 unspecified atom stereocenters. The van der Waals surface area contributed by atoms with E-state index < -0.39 is 20.8 Å². The number of hydrogen-bond acceptors (Lipinski definition) is 2. The van der Waals surface area contributed by atoms with Crippen LogP contribution in [0.5, 0.6) is 0 Å². The van der Waals surface area contributed by atoms with Gasteiger partial charge in [-0.1, -0.05) is 12.1 Å². The van der Waals surface area contributed by atoms with Crippen molar-refractivity contribution >= 4 is 10.1 Å². The second kappa shape index (κ2) is 4.58. The minimum absolute atomic E-state index is 0. The molecule has 3 nitrogen and oxygen atoms in total. The van der Waals surface area contributed by atoms with E-state index in [0.29, 0.717) is 0 Å². The van der Waals surface area contributed by atoms with Crippen molar-refractivity contribution in [2.24, 2.45) is 0 Å². The van der Waals surface area contributed by atoms with Crippen LogP contribution in [0, 0.1) is 46.2 Å². The Labute approximate surface area is 102 Å². The molecule has 66 valence electrons. The van der Waals surface area contributed by atoms with E-state index in [1.165, 1.54) is 12.1 Å². The predicted molar refractivity (Wildman–Crippen MR) is 36.2 cm³/mol. The van der Waals surface area contributed by atoms with Crippen molar-refractivity contribution in [3.8, 4) is 0 Å². The van der Waals surface area contributed by atoms with Crippen molar-refractivity contribution in [2.75, 3.05) is 0 Å². The molecule has 0 radical (unpaired) electrons. The zero-order chi connectivity index (χ0) is 8.48. The zero-order valence-electron chi connectivity index (χ0n) is 5.77. The number of rotatable bonds is 1. The third-order valence-electron chi connectivity index (χ3n) is 1.11. The molecule has 0 atom stereocenters. The Bertz CT molecular complexity index is 363. The van der Waals surface area contributed by atoms with Gasteiger partial charge in [0.2, 0.25) is 0 Å². The SMILES string of the molecule is O=S(=O)(O)c1ccccc1F.[Sm]. The van der Waals surface area contributed by atoms with Crippen molar-refractivity contribution in [1.82, 2.24) is 0 Å². The number of benzene rings is 1. The van der Waals surface area contributed by atoms with Gasteiger partial charge >= 0.3 is 0 Å². The van der Waals surface area contributed by atoms with E-state index in [2.05, 4.69) is 0 Å². The second-order valence-corrected chi connectivity index (χ2v) is 3.30. The summed E-state index contributed by atoms with van der Waals surface area (Å²) in [5, 5.41) is 0. The van der Waals surface area contributed by atoms with Gasteiger partial charge < -0.3 is 0 Å². The zero-order valence-corrected chi connectivity index (χ0v) is 9.20. The Balaban J connectivity index is 0.00000121. The fraction of sp³-hybridized carbons (Fsp3) is 0. The first-order valence-corrected chi connectivity index (χ1v) is 4.18. The summed E-state index contributed by atoms with van der Waals surface area (Å²) in [7, 11) is -4.41. The largest absolute Gasteiger partial charge is 0.297 e. The monoisotopic (exact) mass is 328 g/mol. The molecule has 1 N–H and O–H groups in total. The summed E-state index contributed by atoms with van der Waals surface area (Å²) in [6.07, 6.45) is 0. The van der Waals surface area contributed by atoms with Gasteiger partial charge in [0.25, 0.3) is 10.1 Å². The van der Waals surface area contributed by atoms with Crippen LogP contribution >= 0.6 is 0 Å². The average Bonchev–Trinajstić information content (AvgIpc) is 1.86. The maximum Gasteiger partial charge on any atom is 0.297 e. The van der Waals surface area contributed by atoms with Crippen LogP contribution in [0.3, 0.4) is 0 Å². The number of hydrogen-bond donors (Lipinski definition) is 1. The molecule has 6 heteroatoms. The first kappa shape index (κ1) is 12.4. The molecule has 0 aliphatic heterocycles. The molecule has 0 amide bonds. The topological polar surface area (TPSA) is 54.4 Å². The van der Waals surface area contributed by atoms with Crippen LogP contribution < -0.4 is 0 Å². The van der Waals surface area contributed by atoms with Crippen LogP contribution in [0.15, 0.2) is 29.2 Å². The van der Waals surface area contributed by atoms with Gasteiger partial charge in [0.05, 0.1) is 0 Å². The fourth-order valence-electron chi connectivity index (χ4n) is 0.654. The molecule has 0 saturated heterocycles. The van der Waals surface area contributed by atoms with Crippen molar-refractivity contribution in [2.45, 2.75) is 4.90 Å². The number of halogens is 1. The molecule has 1 aromatic rings. The summed E-state index contributed by atoms with van der Waals surface area (Å²) in [5.74, 6) is -0.949. The smallest absolute Gasteiger partial charge is 0.282 e. The van der Waals surface area contributed by atoms with Crippen molar-refractivity contribution in [1.29, 1.82) is 0 Å². The van der Waals surface area contributed by atoms with E-state index in [1.54, 1.807) is 0 Å². The Morgan fingerprint density at radius 3 is 2.08 bits per heavy atom.